The first kappa shape index (κ1) is 17.2. The number of nitriles is 1. The highest BCUT2D eigenvalue weighted by molar-refractivity contribution is 6.06. The van der Waals surface area contributed by atoms with Crippen molar-refractivity contribution in [1.82, 2.24) is 24.8 Å². The Hall–Kier alpha value is -3.68. The largest absolute Gasteiger partial charge is 0.465 e. The van der Waals surface area contributed by atoms with Gasteiger partial charge in [0.1, 0.15) is 12.0 Å². The summed E-state index contributed by atoms with van der Waals surface area (Å²) in [5.74, 6) is -0.943. The summed E-state index contributed by atoms with van der Waals surface area (Å²) in [6, 6.07) is 3.10. The van der Waals surface area contributed by atoms with Crippen LogP contribution in [0.15, 0.2) is 18.5 Å². The molecular weight excluding hydrogens is 342 g/mol. The van der Waals surface area contributed by atoms with Gasteiger partial charge in [0.2, 0.25) is 5.91 Å². The fourth-order valence-electron chi connectivity index (χ4n) is 2.83. The normalized spacial score (nSPS) is 16.3. The predicted octanol–water partition coefficient (Wildman–Crippen LogP) is 0.0636. The predicted molar refractivity (Wildman–Crippen MR) is 87.3 cm³/mol. The van der Waals surface area contributed by atoms with E-state index in [0.717, 1.165) is 0 Å². The monoisotopic (exact) mass is 357 g/mol. The van der Waals surface area contributed by atoms with E-state index in [9.17, 15) is 14.4 Å². The lowest BCUT2D eigenvalue weighted by molar-refractivity contribution is -0.129. The van der Waals surface area contributed by atoms with Gasteiger partial charge >= 0.3 is 6.09 Å². The minimum atomic E-state index is -1.35. The Morgan fingerprint density at radius 2 is 2.23 bits per heavy atom. The number of nitrogens with zero attached hydrogens (tertiary/aromatic N) is 5. The maximum absolute atomic E-state index is 12.7. The van der Waals surface area contributed by atoms with Crippen LogP contribution in [-0.4, -0.2) is 61.6 Å². The first-order chi connectivity index (χ1) is 12.5. The highest BCUT2D eigenvalue weighted by atomic mass is 16.4. The smallest absolute Gasteiger partial charge is 0.410 e. The Morgan fingerprint density at radius 3 is 2.96 bits per heavy atom. The molecule has 11 heteroatoms. The van der Waals surface area contributed by atoms with Gasteiger partial charge in [0.25, 0.3) is 5.91 Å². The van der Waals surface area contributed by atoms with Gasteiger partial charge in [-0.05, 0) is 12.5 Å². The molecule has 3 rings (SSSR count). The van der Waals surface area contributed by atoms with E-state index in [4.69, 9.17) is 10.4 Å². The number of nitrogens with one attached hydrogen (secondary N) is 2. The second kappa shape index (κ2) is 7.06. The van der Waals surface area contributed by atoms with E-state index in [0.29, 0.717) is 19.5 Å². The van der Waals surface area contributed by atoms with Crippen molar-refractivity contribution in [1.29, 1.82) is 5.26 Å². The minimum Gasteiger partial charge on any atom is -0.465 e. The number of likely N-dealkylation sites (tertiary alicyclic amines) is 1. The summed E-state index contributed by atoms with van der Waals surface area (Å²) in [5, 5.41) is 26.4. The zero-order chi connectivity index (χ0) is 18.7. The van der Waals surface area contributed by atoms with Crippen LogP contribution in [0.4, 0.5) is 10.6 Å². The van der Waals surface area contributed by atoms with E-state index in [-0.39, 0.29) is 35.4 Å². The molecule has 1 aliphatic rings. The molecule has 1 atom stereocenters. The molecular formula is C15H15N7O4. The number of fused-ring (bicyclic) bond motifs is 1. The van der Waals surface area contributed by atoms with Crippen LogP contribution in [0, 0.1) is 11.3 Å². The summed E-state index contributed by atoms with van der Waals surface area (Å²) >= 11 is 0. The van der Waals surface area contributed by atoms with Crippen LogP contribution >= 0.6 is 0 Å². The van der Waals surface area contributed by atoms with E-state index < -0.39 is 12.0 Å². The average Bonchev–Trinajstić information content (AvgIpc) is 3.18. The van der Waals surface area contributed by atoms with Gasteiger partial charge in [-0.1, -0.05) is 0 Å². The molecule has 0 aliphatic carbocycles. The van der Waals surface area contributed by atoms with Crippen molar-refractivity contribution in [2.45, 2.75) is 18.9 Å². The van der Waals surface area contributed by atoms with Crippen LogP contribution in [0.5, 0.6) is 0 Å². The lowest BCUT2D eigenvalue weighted by atomic mass is 10.2. The van der Waals surface area contributed by atoms with Gasteiger partial charge in [0.15, 0.2) is 11.5 Å². The van der Waals surface area contributed by atoms with Crippen molar-refractivity contribution in [3.05, 3.63) is 24.0 Å². The van der Waals surface area contributed by atoms with E-state index >= 15 is 0 Å². The van der Waals surface area contributed by atoms with Gasteiger partial charge in [0.05, 0.1) is 6.07 Å². The zero-order valence-electron chi connectivity index (χ0n) is 13.5. The minimum absolute atomic E-state index is 0.00908. The maximum Gasteiger partial charge on any atom is 0.410 e. The third-order valence-electron chi connectivity index (χ3n) is 3.95. The van der Waals surface area contributed by atoms with E-state index in [2.05, 4.69) is 20.7 Å². The number of anilines is 1. The average molecular weight is 357 g/mol. The second-order valence-corrected chi connectivity index (χ2v) is 5.68. The summed E-state index contributed by atoms with van der Waals surface area (Å²) in [6.07, 6.45) is 2.00. The van der Waals surface area contributed by atoms with Crippen molar-refractivity contribution in [2.24, 2.45) is 0 Å². The number of amides is 3. The Bertz CT molecular complexity index is 916. The fourth-order valence-corrected chi connectivity index (χ4v) is 2.83. The van der Waals surface area contributed by atoms with Gasteiger partial charge in [-0.3, -0.25) is 14.9 Å². The Balaban J connectivity index is 1.79. The fraction of sp³-hybridized carbons (Fsp3) is 0.333. The molecule has 2 aromatic heterocycles. The molecule has 1 saturated heterocycles. The molecule has 26 heavy (non-hydrogen) atoms. The number of rotatable bonds is 4. The first-order valence-electron chi connectivity index (χ1n) is 7.78. The van der Waals surface area contributed by atoms with Crippen molar-refractivity contribution >= 4 is 29.4 Å². The van der Waals surface area contributed by atoms with Crippen LogP contribution in [0.1, 0.15) is 23.2 Å². The molecule has 3 amide bonds. The third-order valence-corrected chi connectivity index (χ3v) is 3.95. The van der Waals surface area contributed by atoms with Crippen molar-refractivity contribution in [2.75, 3.05) is 18.4 Å². The van der Waals surface area contributed by atoms with Gasteiger partial charge < -0.3 is 15.3 Å². The number of carboxylic acid groups (broad SMARTS) is 1. The van der Waals surface area contributed by atoms with Crippen LogP contribution in [0.25, 0.3) is 5.65 Å². The van der Waals surface area contributed by atoms with E-state index in [1.807, 2.05) is 0 Å². The standard InChI is InChI=1S/C15H15N7O4/c16-4-2-10(23)21-7-3-9(8-21)18-14(24)11-12(19-15(25)26)20-22-6-1-5-17-13(11)22/h1,5-6,9H,2-3,7-8H2,(H,18,24)(H,19,20)(H,25,26). The van der Waals surface area contributed by atoms with Crippen LogP contribution < -0.4 is 10.6 Å². The summed E-state index contributed by atoms with van der Waals surface area (Å²) in [6.45, 7) is 0.735. The lowest BCUT2D eigenvalue weighted by Crippen LogP contribution is -2.38. The first-order valence-corrected chi connectivity index (χ1v) is 7.78. The Kier molecular flexibility index (Phi) is 4.66. The number of hydrogen-bond acceptors (Lipinski definition) is 6. The molecule has 1 unspecified atom stereocenters. The summed E-state index contributed by atoms with van der Waals surface area (Å²) in [5.41, 5.74) is 0.221. The van der Waals surface area contributed by atoms with Gasteiger partial charge in [-0.25, -0.2) is 14.3 Å². The number of hydrogen-bond donors (Lipinski definition) is 3. The van der Waals surface area contributed by atoms with Crippen molar-refractivity contribution in [3.8, 4) is 6.07 Å². The molecule has 0 bridgehead atoms. The van der Waals surface area contributed by atoms with Crippen molar-refractivity contribution in [3.63, 3.8) is 0 Å². The van der Waals surface area contributed by atoms with Crippen molar-refractivity contribution < 1.29 is 19.5 Å². The SMILES string of the molecule is N#CCC(=O)N1CCC(NC(=O)c2c(NC(=O)O)nn3cccnc23)C1. The number of carbonyl (C=O) groups is 3. The molecule has 3 N–H and O–H groups in total. The van der Waals surface area contributed by atoms with Crippen LogP contribution in [-0.2, 0) is 4.79 Å². The van der Waals surface area contributed by atoms with Gasteiger partial charge in [0, 0.05) is 31.5 Å². The Morgan fingerprint density at radius 1 is 1.42 bits per heavy atom. The molecule has 1 aliphatic heterocycles. The molecule has 0 saturated carbocycles. The maximum atomic E-state index is 12.7. The van der Waals surface area contributed by atoms with Crippen LogP contribution in [0.2, 0.25) is 0 Å². The molecule has 0 aromatic carbocycles. The second-order valence-electron chi connectivity index (χ2n) is 5.68. The highest BCUT2D eigenvalue weighted by Gasteiger charge is 2.29. The zero-order valence-corrected chi connectivity index (χ0v) is 13.5. The molecule has 0 spiro atoms. The molecule has 134 valence electrons. The topological polar surface area (TPSA) is 153 Å². The quantitative estimate of drug-likeness (QED) is 0.699. The highest BCUT2D eigenvalue weighted by Crippen LogP contribution is 2.20. The van der Waals surface area contributed by atoms with Crippen LogP contribution in [0.3, 0.4) is 0 Å². The molecule has 3 heterocycles. The summed E-state index contributed by atoms with van der Waals surface area (Å²) in [4.78, 5) is 41.0. The summed E-state index contributed by atoms with van der Waals surface area (Å²) in [7, 11) is 0. The van der Waals surface area contributed by atoms with Gasteiger partial charge in [-0.15, -0.1) is 5.10 Å². The third kappa shape index (κ3) is 3.39. The molecule has 0 radical (unpaired) electrons. The van der Waals surface area contributed by atoms with Gasteiger partial charge in [-0.2, -0.15) is 5.26 Å². The summed E-state index contributed by atoms with van der Waals surface area (Å²) < 4.78 is 1.30. The van der Waals surface area contributed by atoms with E-state index in [1.54, 1.807) is 18.3 Å². The van der Waals surface area contributed by atoms with E-state index in [1.165, 1.54) is 15.6 Å². The lowest BCUT2D eigenvalue weighted by Gasteiger charge is -2.15. The number of aromatic nitrogens is 3. The molecule has 1 fully saturated rings. The Labute approximate surface area is 147 Å². The number of carbonyl (C=O) groups excluding carboxylic acids is 2. The molecule has 11 nitrogen and oxygen atoms in total. The molecule has 2 aromatic rings.